The number of Topliss-reactive ketones (excluding diaryl/α,β-unsaturated/α-hetero) is 3. The third kappa shape index (κ3) is 1.74. The second-order valence-electron chi connectivity index (χ2n) is 5.76. The molecule has 0 bridgehead atoms. The van der Waals surface area contributed by atoms with Crippen molar-refractivity contribution in [3.63, 3.8) is 0 Å². The first-order valence-corrected chi connectivity index (χ1v) is 6.48. The van der Waals surface area contributed by atoms with Crippen LogP contribution in [-0.2, 0) is 14.4 Å². The molecule has 1 N–H and O–H groups in total. The molecule has 0 fully saturated rings. The highest BCUT2D eigenvalue weighted by atomic mass is 16.3. The van der Waals surface area contributed by atoms with Crippen LogP contribution in [0.15, 0.2) is 22.8 Å². The summed E-state index contributed by atoms with van der Waals surface area (Å²) in [6.45, 7) is 6.76. The Morgan fingerprint density at radius 3 is 2.37 bits per heavy atom. The van der Waals surface area contributed by atoms with E-state index < -0.39 is 17.2 Å². The molecule has 0 amide bonds. The van der Waals surface area contributed by atoms with Crippen molar-refractivity contribution in [2.45, 2.75) is 39.7 Å². The molecular weight excluding hydrogens is 244 g/mol. The van der Waals surface area contributed by atoms with E-state index in [0.717, 1.165) is 0 Å². The van der Waals surface area contributed by atoms with Crippen molar-refractivity contribution in [3.8, 4) is 0 Å². The zero-order chi connectivity index (χ0) is 14.5. The molecule has 19 heavy (non-hydrogen) atoms. The molecular formula is C15H18O4. The molecule has 2 aliphatic rings. The summed E-state index contributed by atoms with van der Waals surface area (Å²) in [5.41, 5.74) is -0.732. The molecule has 0 aromatic heterocycles. The van der Waals surface area contributed by atoms with Gasteiger partial charge in [0.05, 0.1) is 0 Å². The van der Waals surface area contributed by atoms with Gasteiger partial charge in [0.15, 0.2) is 11.4 Å². The Hall–Kier alpha value is -1.55. The number of aliphatic hydroxyl groups is 1. The second-order valence-corrected chi connectivity index (χ2v) is 5.76. The molecule has 0 unspecified atom stereocenters. The first kappa shape index (κ1) is 13.9. The number of carbonyl (C=O) groups excluding carboxylic acids is 3. The molecule has 0 radical (unpaired) electrons. The molecule has 0 saturated carbocycles. The second kappa shape index (κ2) is 4.23. The smallest absolute Gasteiger partial charge is 0.229 e. The van der Waals surface area contributed by atoms with Crippen LogP contribution in [0.5, 0.6) is 0 Å². The maximum atomic E-state index is 12.2. The van der Waals surface area contributed by atoms with E-state index >= 15 is 0 Å². The van der Waals surface area contributed by atoms with Crippen molar-refractivity contribution >= 4 is 17.3 Å². The average Bonchev–Trinajstić information content (AvgIpc) is 2.32. The highest BCUT2D eigenvalue weighted by Gasteiger charge is 2.50. The van der Waals surface area contributed by atoms with E-state index in [0.29, 0.717) is 11.1 Å². The fraction of sp³-hybridized carbons (Fsp3) is 0.533. The van der Waals surface area contributed by atoms with Crippen LogP contribution in [0.3, 0.4) is 0 Å². The van der Waals surface area contributed by atoms with Crippen molar-refractivity contribution in [1.82, 2.24) is 0 Å². The zero-order valence-electron chi connectivity index (χ0n) is 11.6. The molecule has 4 nitrogen and oxygen atoms in total. The SMILES string of the molecule is CC1=CC2=C(C(=O)C1=O)[C@H](C)CC(=O)[C@@]2(O)C(C)C. The van der Waals surface area contributed by atoms with Crippen molar-refractivity contribution in [2.24, 2.45) is 11.8 Å². The standard InChI is InChI=1S/C15H18O4/c1-7(2)15(19)10-5-9(4)13(17)14(18)12(10)8(3)6-11(15)16/h5,7-8,19H,6H2,1-4H3/t8-,15-/m1/s1. The van der Waals surface area contributed by atoms with Crippen LogP contribution in [0.1, 0.15) is 34.1 Å². The normalized spacial score (nSPS) is 31.8. The lowest BCUT2D eigenvalue weighted by molar-refractivity contribution is -0.140. The van der Waals surface area contributed by atoms with Gasteiger partial charge < -0.3 is 5.11 Å². The van der Waals surface area contributed by atoms with Crippen LogP contribution in [-0.4, -0.2) is 28.1 Å². The Labute approximate surface area is 112 Å². The van der Waals surface area contributed by atoms with E-state index in [1.54, 1.807) is 20.8 Å². The summed E-state index contributed by atoms with van der Waals surface area (Å²) in [4.78, 5) is 36.1. The predicted octanol–water partition coefficient (Wildman–Crippen LogP) is 1.38. The highest BCUT2D eigenvalue weighted by Crippen LogP contribution is 2.42. The van der Waals surface area contributed by atoms with Gasteiger partial charge in [-0.3, -0.25) is 14.4 Å². The molecule has 0 saturated heterocycles. The summed E-state index contributed by atoms with van der Waals surface area (Å²) in [5.74, 6) is -2.05. The van der Waals surface area contributed by atoms with Crippen molar-refractivity contribution in [2.75, 3.05) is 0 Å². The first-order chi connectivity index (χ1) is 8.71. The third-order valence-electron chi connectivity index (χ3n) is 4.12. The molecule has 2 atom stereocenters. The van der Waals surface area contributed by atoms with Crippen molar-refractivity contribution in [3.05, 3.63) is 22.8 Å². The lowest BCUT2D eigenvalue weighted by atomic mass is 9.65. The fourth-order valence-electron chi connectivity index (χ4n) is 2.91. The number of ketones is 3. The minimum absolute atomic E-state index is 0.0966. The lowest BCUT2D eigenvalue weighted by Gasteiger charge is -2.40. The highest BCUT2D eigenvalue weighted by molar-refractivity contribution is 6.50. The molecule has 102 valence electrons. The van der Waals surface area contributed by atoms with E-state index in [-0.39, 0.29) is 29.6 Å². The van der Waals surface area contributed by atoms with Crippen molar-refractivity contribution in [1.29, 1.82) is 0 Å². The molecule has 0 aromatic carbocycles. The van der Waals surface area contributed by atoms with Crippen LogP contribution in [0.4, 0.5) is 0 Å². The Morgan fingerprint density at radius 2 is 1.84 bits per heavy atom. The number of allylic oxidation sites excluding steroid dienone is 2. The van der Waals surface area contributed by atoms with Gasteiger partial charge in [0.2, 0.25) is 11.6 Å². The molecule has 2 aliphatic carbocycles. The molecule has 4 heteroatoms. The fourth-order valence-corrected chi connectivity index (χ4v) is 2.91. The summed E-state index contributed by atoms with van der Waals surface area (Å²) >= 11 is 0. The van der Waals surface area contributed by atoms with Gasteiger partial charge in [-0.1, -0.05) is 20.8 Å². The Kier molecular flexibility index (Phi) is 3.09. The minimum atomic E-state index is -1.65. The van der Waals surface area contributed by atoms with Crippen LogP contribution < -0.4 is 0 Å². The van der Waals surface area contributed by atoms with Gasteiger partial charge in [0, 0.05) is 17.6 Å². The summed E-state index contributed by atoms with van der Waals surface area (Å²) in [6, 6.07) is 0. The monoisotopic (exact) mass is 262 g/mol. The topological polar surface area (TPSA) is 71.4 Å². The van der Waals surface area contributed by atoms with Crippen LogP contribution >= 0.6 is 0 Å². The Morgan fingerprint density at radius 1 is 1.26 bits per heavy atom. The number of hydrogen-bond donors (Lipinski definition) is 1. The van der Waals surface area contributed by atoms with E-state index in [9.17, 15) is 19.5 Å². The van der Waals surface area contributed by atoms with E-state index in [4.69, 9.17) is 0 Å². The minimum Gasteiger partial charge on any atom is -0.377 e. The van der Waals surface area contributed by atoms with Gasteiger partial charge >= 0.3 is 0 Å². The summed E-state index contributed by atoms with van der Waals surface area (Å²) < 4.78 is 0. The van der Waals surface area contributed by atoms with E-state index in [1.807, 2.05) is 0 Å². The van der Waals surface area contributed by atoms with E-state index in [2.05, 4.69) is 0 Å². The number of carbonyl (C=O) groups is 3. The van der Waals surface area contributed by atoms with Gasteiger partial charge in [-0.25, -0.2) is 0 Å². The predicted molar refractivity (Wildman–Crippen MR) is 69.4 cm³/mol. The van der Waals surface area contributed by atoms with Gasteiger partial charge in [-0.05, 0) is 30.4 Å². The largest absolute Gasteiger partial charge is 0.377 e. The van der Waals surface area contributed by atoms with Crippen LogP contribution in [0, 0.1) is 11.8 Å². The van der Waals surface area contributed by atoms with Crippen LogP contribution in [0.2, 0.25) is 0 Å². The third-order valence-corrected chi connectivity index (χ3v) is 4.12. The lowest BCUT2D eigenvalue weighted by Crippen LogP contribution is -2.51. The summed E-state index contributed by atoms with van der Waals surface area (Å²) in [7, 11) is 0. The molecule has 0 aliphatic heterocycles. The van der Waals surface area contributed by atoms with Crippen molar-refractivity contribution < 1.29 is 19.5 Å². The quantitative estimate of drug-likeness (QED) is 0.572. The summed E-state index contributed by atoms with van der Waals surface area (Å²) in [6.07, 6.45) is 1.60. The molecule has 0 aromatic rings. The molecule has 0 spiro atoms. The molecule has 0 heterocycles. The number of rotatable bonds is 1. The average molecular weight is 262 g/mol. The zero-order valence-corrected chi connectivity index (χ0v) is 11.6. The Bertz CT molecular complexity index is 550. The van der Waals surface area contributed by atoms with Gasteiger partial charge in [-0.15, -0.1) is 0 Å². The number of hydrogen-bond acceptors (Lipinski definition) is 4. The van der Waals surface area contributed by atoms with Crippen LogP contribution in [0.25, 0.3) is 0 Å². The van der Waals surface area contributed by atoms with E-state index in [1.165, 1.54) is 13.0 Å². The van der Waals surface area contributed by atoms with Gasteiger partial charge in [0.25, 0.3) is 0 Å². The van der Waals surface area contributed by atoms with Gasteiger partial charge in [0.1, 0.15) is 0 Å². The maximum Gasteiger partial charge on any atom is 0.229 e. The molecule has 2 rings (SSSR count). The first-order valence-electron chi connectivity index (χ1n) is 6.48. The Balaban J connectivity index is 2.74. The maximum absolute atomic E-state index is 12.2. The van der Waals surface area contributed by atoms with Gasteiger partial charge in [-0.2, -0.15) is 0 Å². The summed E-state index contributed by atoms with van der Waals surface area (Å²) in [5, 5.41) is 10.7.